The molecular weight excluding hydrogens is 450 g/mol. The van der Waals surface area contributed by atoms with E-state index >= 15 is 0 Å². The monoisotopic (exact) mass is 491 g/mol. The number of para-hydroxylation sites is 3. The summed E-state index contributed by atoms with van der Waals surface area (Å²) in [7, 11) is 0. The molecule has 0 aliphatic carbocycles. The summed E-state index contributed by atoms with van der Waals surface area (Å²) in [6, 6.07) is 33.5. The molecule has 4 aromatic rings. The molecule has 0 fully saturated rings. The van der Waals surface area contributed by atoms with Gasteiger partial charge in [-0.25, -0.2) is 0 Å². The zero-order valence-corrected chi connectivity index (χ0v) is 23.4. The number of phenolic OH excluding ortho intramolecular Hbond substituents is 1. The quantitative estimate of drug-likeness (QED) is 0.307. The molecule has 0 radical (unpaired) electrons. The van der Waals surface area contributed by atoms with Crippen LogP contribution in [-0.4, -0.2) is 5.11 Å². The minimum Gasteiger partial charge on any atom is -0.507 e. The Kier molecular flexibility index (Phi) is 8.65. The molecule has 0 saturated heterocycles. The predicted octanol–water partition coefficient (Wildman–Crippen LogP) is 10.1. The van der Waals surface area contributed by atoms with Crippen molar-refractivity contribution in [1.29, 1.82) is 0 Å². The van der Waals surface area contributed by atoms with Crippen molar-refractivity contribution >= 4 is 23.1 Å². The van der Waals surface area contributed by atoms with Crippen molar-refractivity contribution in [2.75, 3.05) is 4.90 Å². The van der Waals surface area contributed by atoms with Crippen LogP contribution in [0.15, 0.2) is 104 Å². The van der Waals surface area contributed by atoms with Crippen molar-refractivity contribution < 1.29 is 5.11 Å². The Hall–Kier alpha value is -3.78. The molecule has 0 spiro atoms. The van der Waals surface area contributed by atoms with Crippen molar-refractivity contribution in [2.24, 2.45) is 0 Å². The lowest BCUT2D eigenvalue weighted by molar-refractivity contribution is 0.443. The van der Waals surface area contributed by atoms with Gasteiger partial charge in [-0.2, -0.15) is 0 Å². The van der Waals surface area contributed by atoms with Gasteiger partial charge in [-0.05, 0) is 65.3 Å². The van der Waals surface area contributed by atoms with Gasteiger partial charge >= 0.3 is 0 Å². The minimum absolute atomic E-state index is 0.0664. The molecule has 0 aliphatic heterocycles. The summed E-state index contributed by atoms with van der Waals surface area (Å²) in [4.78, 5) is 2.29. The number of aryl methyl sites for hydroxylation is 1. The highest BCUT2D eigenvalue weighted by Gasteiger charge is 2.24. The van der Waals surface area contributed by atoms with Gasteiger partial charge in [0, 0.05) is 28.2 Å². The van der Waals surface area contributed by atoms with Crippen molar-refractivity contribution in [3.8, 4) is 5.75 Å². The Morgan fingerprint density at radius 2 is 1.16 bits per heavy atom. The predicted molar refractivity (Wildman–Crippen MR) is 161 cm³/mol. The highest BCUT2D eigenvalue weighted by Crippen LogP contribution is 2.38. The summed E-state index contributed by atoms with van der Waals surface area (Å²) < 4.78 is 0. The molecule has 0 bridgehead atoms. The van der Waals surface area contributed by atoms with Crippen molar-refractivity contribution in [3.05, 3.63) is 126 Å². The van der Waals surface area contributed by atoms with Gasteiger partial charge in [-0.1, -0.05) is 115 Å². The van der Waals surface area contributed by atoms with Gasteiger partial charge in [0.2, 0.25) is 0 Å². The van der Waals surface area contributed by atoms with Crippen LogP contribution in [0.25, 0.3) is 6.08 Å². The van der Waals surface area contributed by atoms with E-state index in [1.807, 2.05) is 18.2 Å². The van der Waals surface area contributed by atoms with Gasteiger partial charge in [-0.3, -0.25) is 0 Å². The number of benzene rings is 4. The number of rotatable bonds is 4. The second-order valence-electron chi connectivity index (χ2n) is 11.5. The van der Waals surface area contributed by atoms with Gasteiger partial charge in [0.1, 0.15) is 5.75 Å². The lowest BCUT2D eigenvalue weighted by Crippen LogP contribution is -2.17. The smallest absolute Gasteiger partial charge is 0.126 e. The lowest BCUT2D eigenvalue weighted by atomic mass is 9.79. The van der Waals surface area contributed by atoms with Crippen LogP contribution in [0.5, 0.6) is 5.75 Å². The first-order valence-electron chi connectivity index (χ1n) is 12.9. The molecule has 4 rings (SSSR count). The molecular formula is C35H41NO. The molecule has 2 nitrogen and oxygen atoms in total. The molecule has 0 saturated carbocycles. The standard InChI is InChI=1S/C19H17N.C16H24O/c1-16-10-8-9-15-19(16)20(17-11-4-2-5-12-17)18-13-6-3-7-14-18;1-8-11-9-12(15(2,3)4)10-13(14(11)17)16(5,6)7/h2-15H,1H3;8-10,17H,1H2,2-7H3. The minimum atomic E-state index is -0.0664. The van der Waals surface area contributed by atoms with Crippen LogP contribution in [-0.2, 0) is 10.8 Å². The maximum atomic E-state index is 10.2. The maximum Gasteiger partial charge on any atom is 0.126 e. The van der Waals surface area contributed by atoms with Gasteiger partial charge in [0.15, 0.2) is 0 Å². The number of nitrogens with zero attached hydrogens (tertiary/aromatic N) is 1. The van der Waals surface area contributed by atoms with E-state index in [1.165, 1.54) is 28.2 Å². The molecule has 192 valence electrons. The van der Waals surface area contributed by atoms with Crippen LogP contribution in [0.1, 0.15) is 63.8 Å². The second kappa shape index (κ2) is 11.5. The molecule has 0 aromatic heterocycles. The van der Waals surface area contributed by atoms with Crippen molar-refractivity contribution in [3.63, 3.8) is 0 Å². The van der Waals surface area contributed by atoms with Crippen LogP contribution in [0.2, 0.25) is 0 Å². The number of aromatic hydroxyl groups is 1. The van der Waals surface area contributed by atoms with E-state index < -0.39 is 0 Å². The topological polar surface area (TPSA) is 23.5 Å². The first-order valence-corrected chi connectivity index (χ1v) is 12.9. The maximum absolute atomic E-state index is 10.2. The highest BCUT2D eigenvalue weighted by molar-refractivity contribution is 5.78. The van der Waals surface area contributed by atoms with Crippen LogP contribution in [0.3, 0.4) is 0 Å². The number of phenols is 1. The van der Waals surface area contributed by atoms with Gasteiger partial charge < -0.3 is 10.0 Å². The number of hydrogen-bond donors (Lipinski definition) is 1. The molecule has 0 aliphatic rings. The van der Waals surface area contributed by atoms with E-state index in [1.54, 1.807) is 6.08 Å². The summed E-state index contributed by atoms with van der Waals surface area (Å²) in [6.45, 7) is 18.8. The fourth-order valence-electron chi connectivity index (χ4n) is 4.21. The Morgan fingerprint density at radius 1 is 0.676 bits per heavy atom. The second-order valence-corrected chi connectivity index (χ2v) is 11.5. The first kappa shape index (κ1) is 27.8. The van der Waals surface area contributed by atoms with Gasteiger partial charge in [0.25, 0.3) is 0 Å². The summed E-state index contributed by atoms with van der Waals surface area (Å²) in [5.74, 6) is 0.362. The van der Waals surface area contributed by atoms with Crippen molar-refractivity contribution in [1.82, 2.24) is 0 Å². The molecule has 0 unspecified atom stereocenters. The van der Waals surface area contributed by atoms with Crippen LogP contribution >= 0.6 is 0 Å². The van der Waals surface area contributed by atoms with Gasteiger partial charge in [-0.15, -0.1) is 0 Å². The van der Waals surface area contributed by atoms with Gasteiger partial charge in [0.05, 0.1) is 0 Å². The Bertz CT molecular complexity index is 1270. The van der Waals surface area contributed by atoms with E-state index in [0.29, 0.717) is 5.75 Å². The largest absolute Gasteiger partial charge is 0.507 e. The third-order valence-electron chi connectivity index (χ3n) is 6.42. The number of hydrogen-bond acceptors (Lipinski definition) is 2. The average molecular weight is 492 g/mol. The summed E-state index contributed by atoms with van der Waals surface area (Å²) in [6.07, 6.45) is 1.72. The van der Waals surface area contributed by atoms with E-state index in [-0.39, 0.29) is 10.8 Å². The number of anilines is 3. The molecule has 37 heavy (non-hydrogen) atoms. The van der Waals surface area contributed by atoms with E-state index in [9.17, 15) is 5.11 Å². The molecule has 0 amide bonds. The van der Waals surface area contributed by atoms with Crippen molar-refractivity contribution in [2.45, 2.75) is 59.3 Å². The zero-order valence-electron chi connectivity index (χ0n) is 23.4. The highest BCUT2D eigenvalue weighted by atomic mass is 16.3. The van der Waals surface area contributed by atoms with E-state index in [2.05, 4.69) is 139 Å². The average Bonchev–Trinajstić information content (AvgIpc) is 2.86. The summed E-state index contributed by atoms with van der Waals surface area (Å²) in [5.41, 5.74) is 7.87. The molecule has 4 aromatic carbocycles. The molecule has 0 heterocycles. The summed E-state index contributed by atoms with van der Waals surface area (Å²) >= 11 is 0. The lowest BCUT2D eigenvalue weighted by Gasteiger charge is -2.27. The van der Waals surface area contributed by atoms with Crippen LogP contribution in [0, 0.1) is 6.92 Å². The summed E-state index contributed by atoms with van der Waals surface area (Å²) in [5, 5.41) is 10.2. The Morgan fingerprint density at radius 3 is 1.59 bits per heavy atom. The third-order valence-corrected chi connectivity index (χ3v) is 6.42. The Labute approximate surface area is 223 Å². The SMILES string of the molecule is C=Cc1cc(C(C)(C)C)cc(C(C)(C)C)c1O.Cc1ccccc1N(c1ccccc1)c1ccccc1. The fourth-order valence-corrected chi connectivity index (χ4v) is 4.21. The third kappa shape index (κ3) is 6.92. The van der Waals surface area contributed by atoms with E-state index in [0.717, 1.165) is 11.1 Å². The molecule has 2 heteroatoms. The normalized spacial score (nSPS) is 11.3. The fraction of sp³-hybridized carbons (Fsp3) is 0.257. The zero-order chi connectivity index (χ0) is 27.2. The van der Waals surface area contributed by atoms with Crippen LogP contribution < -0.4 is 4.90 Å². The van der Waals surface area contributed by atoms with Crippen LogP contribution in [0.4, 0.5) is 17.1 Å². The first-order chi connectivity index (χ1) is 17.4. The molecule has 0 atom stereocenters. The Balaban J connectivity index is 0.000000209. The molecule has 1 N–H and O–H groups in total. The van der Waals surface area contributed by atoms with E-state index in [4.69, 9.17) is 0 Å².